The maximum absolute atomic E-state index is 2.30. The van der Waals surface area contributed by atoms with Gasteiger partial charge in [-0.25, -0.2) is 0 Å². The molecule has 1 heteroatoms. The lowest BCUT2D eigenvalue weighted by Gasteiger charge is -1.91. The molecule has 1 saturated heterocycles. The number of hydrogen-bond acceptors (Lipinski definition) is 1. The van der Waals surface area contributed by atoms with E-state index in [0.29, 0.717) is 0 Å². The Balaban J connectivity index is 2.18. The Morgan fingerprint density at radius 3 is 2.67 bits per heavy atom. The summed E-state index contributed by atoms with van der Waals surface area (Å²) in [6.07, 6.45) is 2.90. The average molecular weight is 102 g/mol. The summed E-state index contributed by atoms with van der Waals surface area (Å²) in [5, 5.41) is 0.963. The summed E-state index contributed by atoms with van der Waals surface area (Å²) in [7, 11) is 0. The van der Waals surface area contributed by atoms with Crippen LogP contribution in [0.3, 0.4) is 0 Å². The van der Waals surface area contributed by atoms with Crippen LogP contribution in [0, 0.1) is 0 Å². The lowest BCUT2D eigenvalue weighted by Crippen LogP contribution is -1.82. The molecule has 1 heterocycles. The van der Waals surface area contributed by atoms with E-state index in [4.69, 9.17) is 0 Å². The van der Waals surface area contributed by atoms with Crippen LogP contribution < -0.4 is 0 Å². The zero-order chi connectivity index (χ0) is 4.41. The maximum atomic E-state index is 2.30. The standard InChI is InChI=1S/C5H10S/c1-5-3-2-4-6-5/h5H,2-4H2,1H3/t5-/m1/s1. The third-order valence-corrected chi connectivity index (χ3v) is 2.49. The molecule has 36 valence electrons. The monoisotopic (exact) mass is 102 g/mol. The van der Waals surface area contributed by atoms with E-state index >= 15 is 0 Å². The summed E-state index contributed by atoms with van der Waals surface area (Å²) >= 11 is 2.10. The summed E-state index contributed by atoms with van der Waals surface area (Å²) in [6, 6.07) is 0. The zero-order valence-electron chi connectivity index (χ0n) is 4.11. The minimum absolute atomic E-state index is 0.963. The van der Waals surface area contributed by atoms with Crippen LogP contribution in [0.25, 0.3) is 0 Å². The van der Waals surface area contributed by atoms with Crippen molar-refractivity contribution in [1.82, 2.24) is 0 Å². The van der Waals surface area contributed by atoms with Crippen molar-refractivity contribution < 1.29 is 0 Å². The van der Waals surface area contributed by atoms with Gasteiger partial charge in [0.05, 0.1) is 0 Å². The van der Waals surface area contributed by atoms with Gasteiger partial charge in [-0.3, -0.25) is 0 Å². The summed E-state index contributed by atoms with van der Waals surface area (Å²) in [4.78, 5) is 0. The first kappa shape index (κ1) is 4.51. The molecule has 0 bridgehead atoms. The summed E-state index contributed by atoms with van der Waals surface area (Å²) in [5.74, 6) is 1.40. The Kier molecular flexibility index (Phi) is 1.41. The molecular weight excluding hydrogens is 92.1 g/mol. The van der Waals surface area contributed by atoms with Gasteiger partial charge in [0.15, 0.2) is 0 Å². The van der Waals surface area contributed by atoms with E-state index in [0.717, 1.165) is 5.25 Å². The minimum atomic E-state index is 0.963. The van der Waals surface area contributed by atoms with Crippen LogP contribution in [0.4, 0.5) is 0 Å². The second-order valence-corrected chi connectivity index (χ2v) is 3.37. The van der Waals surface area contributed by atoms with Crippen molar-refractivity contribution in [2.75, 3.05) is 5.75 Å². The van der Waals surface area contributed by atoms with Crippen LogP contribution in [-0.2, 0) is 0 Å². The Morgan fingerprint density at radius 1 is 1.67 bits per heavy atom. The molecule has 0 N–H and O–H groups in total. The number of thioether (sulfide) groups is 1. The SMILES string of the molecule is C[C@@H]1CCCS1. The van der Waals surface area contributed by atoms with E-state index in [9.17, 15) is 0 Å². The molecule has 0 nitrogen and oxygen atoms in total. The molecule has 0 unspecified atom stereocenters. The molecule has 0 aromatic carbocycles. The molecule has 0 aromatic rings. The van der Waals surface area contributed by atoms with Gasteiger partial charge in [0.2, 0.25) is 0 Å². The average Bonchev–Trinajstić information content (AvgIpc) is 1.86. The first-order valence-corrected chi connectivity index (χ1v) is 3.56. The number of hydrogen-bond donors (Lipinski definition) is 0. The van der Waals surface area contributed by atoms with Crippen molar-refractivity contribution in [2.45, 2.75) is 25.0 Å². The fraction of sp³-hybridized carbons (Fsp3) is 1.00. The lowest BCUT2D eigenvalue weighted by atomic mass is 10.3. The van der Waals surface area contributed by atoms with Gasteiger partial charge in [0.25, 0.3) is 0 Å². The first-order valence-electron chi connectivity index (χ1n) is 2.51. The molecule has 1 aliphatic rings. The Bertz CT molecular complexity index is 37.2. The predicted molar refractivity (Wildman–Crippen MR) is 31.2 cm³/mol. The summed E-state index contributed by atoms with van der Waals surface area (Å²) < 4.78 is 0. The third kappa shape index (κ3) is 0.904. The van der Waals surface area contributed by atoms with Gasteiger partial charge < -0.3 is 0 Å². The van der Waals surface area contributed by atoms with E-state index in [1.54, 1.807) is 0 Å². The largest absolute Gasteiger partial charge is 0.159 e. The van der Waals surface area contributed by atoms with Gasteiger partial charge in [-0.05, 0) is 18.6 Å². The summed E-state index contributed by atoms with van der Waals surface area (Å²) in [6.45, 7) is 2.30. The molecule has 1 fully saturated rings. The molecule has 0 amide bonds. The van der Waals surface area contributed by atoms with Crippen molar-refractivity contribution in [2.24, 2.45) is 0 Å². The summed E-state index contributed by atoms with van der Waals surface area (Å²) in [5.41, 5.74) is 0. The molecule has 1 rings (SSSR count). The normalized spacial score (nSPS) is 34.5. The first-order chi connectivity index (χ1) is 2.89. The number of rotatable bonds is 0. The maximum Gasteiger partial charge on any atom is 0.00190 e. The van der Waals surface area contributed by atoms with Crippen molar-refractivity contribution in [3.63, 3.8) is 0 Å². The van der Waals surface area contributed by atoms with E-state index in [2.05, 4.69) is 18.7 Å². The van der Waals surface area contributed by atoms with Gasteiger partial charge in [-0.15, -0.1) is 0 Å². The quantitative estimate of drug-likeness (QED) is 0.450. The van der Waals surface area contributed by atoms with Crippen molar-refractivity contribution >= 4 is 11.8 Å². The van der Waals surface area contributed by atoms with Crippen LogP contribution in [0.1, 0.15) is 19.8 Å². The smallest absolute Gasteiger partial charge is 0.00190 e. The molecule has 6 heavy (non-hydrogen) atoms. The molecule has 1 aliphatic heterocycles. The van der Waals surface area contributed by atoms with Gasteiger partial charge in [0.1, 0.15) is 0 Å². The highest BCUT2D eigenvalue weighted by Gasteiger charge is 2.07. The van der Waals surface area contributed by atoms with E-state index in [-0.39, 0.29) is 0 Å². The van der Waals surface area contributed by atoms with Crippen molar-refractivity contribution in [3.05, 3.63) is 0 Å². The molecule has 0 aromatic heterocycles. The van der Waals surface area contributed by atoms with Crippen LogP contribution in [-0.4, -0.2) is 11.0 Å². The minimum Gasteiger partial charge on any atom is -0.159 e. The Hall–Kier alpha value is 0.350. The van der Waals surface area contributed by atoms with Crippen LogP contribution in [0.2, 0.25) is 0 Å². The van der Waals surface area contributed by atoms with Crippen LogP contribution >= 0.6 is 11.8 Å². The lowest BCUT2D eigenvalue weighted by molar-refractivity contribution is 0.838. The second kappa shape index (κ2) is 1.87. The third-order valence-electron chi connectivity index (χ3n) is 1.16. The van der Waals surface area contributed by atoms with Gasteiger partial charge >= 0.3 is 0 Å². The molecule has 0 spiro atoms. The Labute approximate surface area is 43.3 Å². The topological polar surface area (TPSA) is 0 Å². The molecule has 0 saturated carbocycles. The van der Waals surface area contributed by atoms with Gasteiger partial charge in [-0.2, -0.15) is 11.8 Å². The van der Waals surface area contributed by atoms with E-state index < -0.39 is 0 Å². The highest BCUT2D eigenvalue weighted by molar-refractivity contribution is 8.00. The molecule has 1 atom stereocenters. The van der Waals surface area contributed by atoms with Crippen LogP contribution in [0.15, 0.2) is 0 Å². The van der Waals surface area contributed by atoms with Gasteiger partial charge in [-0.1, -0.05) is 6.92 Å². The highest BCUT2D eigenvalue weighted by Crippen LogP contribution is 2.24. The molecule has 0 aliphatic carbocycles. The van der Waals surface area contributed by atoms with Crippen LogP contribution in [0.5, 0.6) is 0 Å². The Morgan fingerprint density at radius 2 is 2.50 bits per heavy atom. The van der Waals surface area contributed by atoms with Crippen molar-refractivity contribution in [1.29, 1.82) is 0 Å². The zero-order valence-corrected chi connectivity index (χ0v) is 4.92. The van der Waals surface area contributed by atoms with Gasteiger partial charge in [0, 0.05) is 5.25 Å². The fourth-order valence-electron chi connectivity index (χ4n) is 0.739. The second-order valence-electron chi connectivity index (χ2n) is 1.82. The predicted octanol–water partition coefficient (Wildman–Crippen LogP) is 1.90. The van der Waals surface area contributed by atoms with E-state index in [1.165, 1.54) is 18.6 Å². The van der Waals surface area contributed by atoms with E-state index in [1.807, 2.05) is 0 Å². The molecular formula is C5H10S. The van der Waals surface area contributed by atoms with Crippen molar-refractivity contribution in [3.8, 4) is 0 Å². The highest BCUT2D eigenvalue weighted by atomic mass is 32.2. The molecule has 0 radical (unpaired) electrons. The fourth-order valence-corrected chi connectivity index (χ4v) is 1.81.